The van der Waals surface area contributed by atoms with E-state index in [0.717, 1.165) is 45.2 Å². The van der Waals surface area contributed by atoms with E-state index in [0.29, 0.717) is 23.8 Å². The van der Waals surface area contributed by atoms with Gasteiger partial charge in [0.05, 0.1) is 12.0 Å². The second-order valence-corrected chi connectivity index (χ2v) is 9.43. The van der Waals surface area contributed by atoms with E-state index in [1.807, 2.05) is 59.5 Å². The van der Waals surface area contributed by atoms with Crippen molar-refractivity contribution in [3.8, 4) is 5.75 Å². The van der Waals surface area contributed by atoms with Crippen LogP contribution in [0.15, 0.2) is 82.6 Å². The minimum atomic E-state index is 0.0389. The van der Waals surface area contributed by atoms with E-state index in [4.69, 9.17) is 16.3 Å². The molecule has 1 aromatic heterocycles. The number of rotatable bonds is 5. The molecule has 0 atom stereocenters. The van der Waals surface area contributed by atoms with Crippen molar-refractivity contribution in [3.05, 3.63) is 83.5 Å². The highest BCUT2D eigenvalue weighted by Gasteiger charge is 2.27. The van der Waals surface area contributed by atoms with E-state index in [-0.39, 0.29) is 5.91 Å². The third-order valence-electron chi connectivity index (χ3n) is 5.91. The Labute approximate surface area is 202 Å². The molecule has 5 nitrogen and oxygen atoms in total. The van der Waals surface area contributed by atoms with Gasteiger partial charge in [-0.2, -0.15) is 0 Å². The van der Waals surface area contributed by atoms with Gasteiger partial charge in [-0.25, -0.2) is 0 Å². The van der Waals surface area contributed by atoms with Crippen LogP contribution in [0.4, 0.5) is 5.69 Å². The van der Waals surface area contributed by atoms with Crippen molar-refractivity contribution in [2.24, 2.45) is 0 Å². The Kier molecular flexibility index (Phi) is 6.20. The number of methoxy groups -OCH3 is 1. The van der Waals surface area contributed by atoms with Gasteiger partial charge in [0.1, 0.15) is 11.4 Å². The summed E-state index contributed by atoms with van der Waals surface area (Å²) in [4.78, 5) is 23.2. The molecule has 1 amide bonds. The summed E-state index contributed by atoms with van der Waals surface area (Å²) in [5.41, 5.74) is 2.76. The lowest BCUT2D eigenvalue weighted by Gasteiger charge is -2.36. The number of nitrogens with zero attached hydrogens (tertiary/aromatic N) is 2. The van der Waals surface area contributed by atoms with Gasteiger partial charge in [-0.1, -0.05) is 41.6 Å². The van der Waals surface area contributed by atoms with Crippen LogP contribution in [-0.4, -0.2) is 49.1 Å². The molecule has 3 aromatic carbocycles. The number of ether oxygens (including phenoxy) is 1. The molecule has 1 N–H and O–H groups in total. The van der Waals surface area contributed by atoms with E-state index in [9.17, 15) is 4.79 Å². The summed E-state index contributed by atoms with van der Waals surface area (Å²) in [6, 6.07) is 23.8. The number of carbonyl (C=O) groups excluding carboxylic acids is 1. The lowest BCUT2D eigenvalue weighted by Crippen LogP contribution is -2.49. The first-order valence-electron chi connectivity index (χ1n) is 10.8. The second kappa shape index (κ2) is 9.41. The number of anilines is 1. The molecule has 0 saturated carbocycles. The number of aromatic amines is 1. The van der Waals surface area contributed by atoms with Crippen LogP contribution in [-0.2, 0) is 0 Å². The Balaban J connectivity index is 1.36. The number of H-pyrrole nitrogens is 1. The molecule has 1 aliphatic heterocycles. The standard InChI is InChI=1S/C26H24ClN3O2S/c1-32-20-10-8-19(9-11-20)29-14-16-30(17-15-29)26(31)24-25(22-4-2-3-5-23(22)28-24)33-21-12-6-18(27)7-13-21/h2-13,28H,14-17H2,1H3. The minimum absolute atomic E-state index is 0.0389. The molecule has 1 aliphatic rings. The van der Waals surface area contributed by atoms with Gasteiger partial charge in [0.25, 0.3) is 5.91 Å². The topological polar surface area (TPSA) is 48.6 Å². The van der Waals surface area contributed by atoms with Crippen LogP contribution in [0.2, 0.25) is 5.02 Å². The Morgan fingerprint density at radius 1 is 0.939 bits per heavy atom. The first-order valence-corrected chi connectivity index (χ1v) is 12.0. The zero-order valence-electron chi connectivity index (χ0n) is 18.3. The summed E-state index contributed by atoms with van der Waals surface area (Å²) in [7, 11) is 1.67. The number of para-hydroxylation sites is 1. The average molecular weight is 478 g/mol. The molecule has 4 aromatic rings. The molecule has 0 spiro atoms. The van der Waals surface area contributed by atoms with Crippen LogP contribution in [0.3, 0.4) is 0 Å². The fourth-order valence-electron chi connectivity index (χ4n) is 4.11. The van der Waals surface area contributed by atoms with Crippen molar-refractivity contribution < 1.29 is 9.53 Å². The van der Waals surface area contributed by atoms with Crippen LogP contribution >= 0.6 is 23.4 Å². The molecule has 2 heterocycles. The maximum atomic E-state index is 13.6. The van der Waals surface area contributed by atoms with E-state index < -0.39 is 0 Å². The summed E-state index contributed by atoms with van der Waals surface area (Å²) in [6.07, 6.45) is 0. The fraction of sp³-hybridized carbons (Fsp3) is 0.192. The zero-order valence-corrected chi connectivity index (χ0v) is 19.8. The normalized spacial score (nSPS) is 14.0. The Morgan fingerprint density at radius 2 is 1.64 bits per heavy atom. The Bertz CT molecular complexity index is 1260. The Hall–Kier alpha value is -3.09. The van der Waals surface area contributed by atoms with Crippen LogP contribution in [0, 0.1) is 0 Å². The second-order valence-electron chi connectivity index (χ2n) is 7.91. The first kappa shape index (κ1) is 21.7. The van der Waals surface area contributed by atoms with E-state index in [1.165, 1.54) is 0 Å². The third-order valence-corrected chi connectivity index (χ3v) is 7.30. The smallest absolute Gasteiger partial charge is 0.271 e. The Morgan fingerprint density at radius 3 is 2.33 bits per heavy atom. The maximum Gasteiger partial charge on any atom is 0.271 e. The molecule has 1 saturated heterocycles. The number of halogens is 1. The SMILES string of the molecule is COc1ccc(N2CCN(C(=O)c3[nH]c4ccccc4c3Sc3ccc(Cl)cc3)CC2)cc1. The number of carbonyl (C=O) groups is 1. The van der Waals surface area contributed by atoms with Gasteiger partial charge < -0.3 is 19.5 Å². The number of fused-ring (bicyclic) bond motifs is 1. The molecular weight excluding hydrogens is 454 g/mol. The monoisotopic (exact) mass is 477 g/mol. The minimum Gasteiger partial charge on any atom is -0.497 e. The van der Waals surface area contributed by atoms with Crippen LogP contribution < -0.4 is 9.64 Å². The number of piperazine rings is 1. The predicted molar refractivity (Wildman–Crippen MR) is 135 cm³/mol. The number of nitrogens with one attached hydrogen (secondary N) is 1. The third kappa shape index (κ3) is 4.54. The molecule has 1 fully saturated rings. The quantitative estimate of drug-likeness (QED) is 0.386. The fourth-order valence-corrected chi connectivity index (χ4v) is 5.27. The van der Waals surface area contributed by atoms with Crippen molar-refractivity contribution >= 4 is 45.9 Å². The van der Waals surface area contributed by atoms with Crippen molar-refractivity contribution in [3.63, 3.8) is 0 Å². The van der Waals surface area contributed by atoms with Crippen molar-refractivity contribution in [2.75, 3.05) is 38.2 Å². The van der Waals surface area contributed by atoms with Gasteiger partial charge in [0.15, 0.2) is 0 Å². The zero-order chi connectivity index (χ0) is 22.8. The molecule has 0 unspecified atom stereocenters. The largest absolute Gasteiger partial charge is 0.497 e. The van der Waals surface area contributed by atoms with Crippen molar-refractivity contribution in [1.82, 2.24) is 9.88 Å². The van der Waals surface area contributed by atoms with Crippen LogP contribution in [0.5, 0.6) is 5.75 Å². The average Bonchev–Trinajstić information content (AvgIpc) is 3.23. The number of benzene rings is 3. The number of amides is 1. The van der Waals surface area contributed by atoms with E-state index in [1.54, 1.807) is 18.9 Å². The summed E-state index contributed by atoms with van der Waals surface area (Å²) < 4.78 is 5.26. The lowest BCUT2D eigenvalue weighted by molar-refractivity contribution is 0.0738. The van der Waals surface area contributed by atoms with Gasteiger partial charge in [-0.3, -0.25) is 4.79 Å². The summed E-state index contributed by atoms with van der Waals surface area (Å²) in [5.74, 6) is 0.883. The molecule has 168 valence electrons. The molecule has 0 radical (unpaired) electrons. The predicted octanol–water partition coefficient (Wildman–Crippen LogP) is 5.94. The van der Waals surface area contributed by atoms with Crippen LogP contribution in [0.25, 0.3) is 10.9 Å². The molecule has 7 heteroatoms. The number of aromatic nitrogens is 1. The molecule has 33 heavy (non-hydrogen) atoms. The van der Waals surface area contributed by atoms with Crippen LogP contribution in [0.1, 0.15) is 10.5 Å². The summed E-state index contributed by atoms with van der Waals surface area (Å²) >= 11 is 7.65. The lowest BCUT2D eigenvalue weighted by atomic mass is 10.2. The molecule has 0 aliphatic carbocycles. The molecule has 0 bridgehead atoms. The van der Waals surface area contributed by atoms with Crippen molar-refractivity contribution in [1.29, 1.82) is 0 Å². The number of hydrogen-bond donors (Lipinski definition) is 1. The van der Waals surface area contributed by atoms with E-state index >= 15 is 0 Å². The van der Waals surface area contributed by atoms with Gasteiger partial charge in [0, 0.05) is 52.7 Å². The highest BCUT2D eigenvalue weighted by molar-refractivity contribution is 7.99. The first-order chi connectivity index (χ1) is 16.1. The van der Waals surface area contributed by atoms with Gasteiger partial charge in [-0.05, 0) is 54.6 Å². The maximum absolute atomic E-state index is 13.6. The molecular formula is C26H24ClN3O2S. The van der Waals surface area contributed by atoms with Crippen molar-refractivity contribution in [2.45, 2.75) is 9.79 Å². The van der Waals surface area contributed by atoms with E-state index in [2.05, 4.69) is 28.1 Å². The van der Waals surface area contributed by atoms with Gasteiger partial charge >= 0.3 is 0 Å². The molecule has 5 rings (SSSR count). The highest BCUT2D eigenvalue weighted by Crippen LogP contribution is 2.37. The highest BCUT2D eigenvalue weighted by atomic mass is 35.5. The number of hydrogen-bond acceptors (Lipinski definition) is 4. The van der Waals surface area contributed by atoms with Gasteiger partial charge in [0.2, 0.25) is 0 Å². The summed E-state index contributed by atoms with van der Waals surface area (Å²) in [6.45, 7) is 2.92. The summed E-state index contributed by atoms with van der Waals surface area (Å²) in [5, 5.41) is 1.75. The van der Waals surface area contributed by atoms with Gasteiger partial charge in [-0.15, -0.1) is 0 Å².